The van der Waals surface area contributed by atoms with Gasteiger partial charge in [-0.2, -0.15) is 16.8 Å². The highest BCUT2D eigenvalue weighted by molar-refractivity contribution is 7.81. The van der Waals surface area contributed by atoms with E-state index in [2.05, 4.69) is 14.4 Å². The molecule has 0 unspecified atom stereocenters. The third kappa shape index (κ3) is 4.93. The zero-order valence-corrected chi connectivity index (χ0v) is 9.03. The first kappa shape index (κ1) is 12.7. The van der Waals surface area contributed by atoms with E-state index >= 15 is 0 Å². The Kier molecular flexibility index (Phi) is 3.38. The molecule has 0 atom stereocenters. The van der Waals surface area contributed by atoms with Gasteiger partial charge in [0.05, 0.1) is 0 Å². The van der Waals surface area contributed by atoms with E-state index in [9.17, 15) is 16.8 Å². The third-order valence-electron chi connectivity index (χ3n) is 1.14. The number of hydrogen-bond acceptors (Lipinski definition) is 6. The van der Waals surface area contributed by atoms with Gasteiger partial charge in [-0.05, 0) is 12.1 Å². The number of rotatable bonds is 4. The smallest absolute Gasteiger partial charge is 0.362 e. The first-order valence-electron chi connectivity index (χ1n) is 3.51. The molecule has 1 aromatic rings. The van der Waals surface area contributed by atoms with Crippen LogP contribution in [-0.4, -0.2) is 25.9 Å². The summed E-state index contributed by atoms with van der Waals surface area (Å²) in [5.74, 6) is -0.899. The highest BCUT2D eigenvalue weighted by Crippen LogP contribution is 2.20. The molecule has 8 nitrogen and oxygen atoms in total. The summed E-state index contributed by atoms with van der Waals surface area (Å²) in [6.07, 6.45) is 0. The van der Waals surface area contributed by atoms with Gasteiger partial charge < -0.3 is 8.37 Å². The molecule has 0 saturated carbocycles. The van der Waals surface area contributed by atoms with Crippen molar-refractivity contribution in [1.82, 2.24) is 0 Å². The van der Waals surface area contributed by atoms with Crippen LogP contribution in [0.4, 0.5) is 0 Å². The highest BCUT2D eigenvalue weighted by Gasteiger charge is 2.11. The minimum Gasteiger partial charge on any atom is -0.362 e. The summed E-state index contributed by atoms with van der Waals surface area (Å²) in [5.41, 5.74) is 0. The average molecular weight is 269 g/mol. The zero-order chi connectivity index (χ0) is 12.4. The Morgan fingerprint density at radius 3 is 2.12 bits per heavy atom. The monoisotopic (exact) mass is 269 g/mol. The summed E-state index contributed by atoms with van der Waals surface area (Å²) in [5, 5.41) is 0. The molecule has 2 N–H and O–H groups in total. The topological polar surface area (TPSA) is 127 Å². The van der Waals surface area contributed by atoms with Gasteiger partial charge in [0.2, 0.25) is 0 Å². The summed E-state index contributed by atoms with van der Waals surface area (Å²) in [6.45, 7) is 0. The van der Waals surface area contributed by atoms with Gasteiger partial charge in [0.1, 0.15) is 5.75 Å². The summed E-state index contributed by atoms with van der Waals surface area (Å²) < 4.78 is 65.9. The standard InChI is InChI=1S/C6H5O8S2/c7-15(8,9)13-5-2-1-3-6(4-5)14-16(10,11)12/h1-2,4H,(H,7,8,9)(H,10,11,12). The van der Waals surface area contributed by atoms with Crippen LogP contribution in [0, 0.1) is 6.07 Å². The lowest BCUT2D eigenvalue weighted by molar-refractivity contribution is 0.382. The summed E-state index contributed by atoms with van der Waals surface area (Å²) in [7, 11) is -9.46. The molecule has 1 rings (SSSR count). The van der Waals surface area contributed by atoms with E-state index in [1.54, 1.807) is 0 Å². The van der Waals surface area contributed by atoms with E-state index in [1.165, 1.54) is 0 Å². The van der Waals surface area contributed by atoms with Crippen molar-refractivity contribution in [2.45, 2.75) is 0 Å². The molecule has 0 bridgehead atoms. The van der Waals surface area contributed by atoms with Crippen molar-refractivity contribution in [3.05, 3.63) is 24.3 Å². The van der Waals surface area contributed by atoms with Gasteiger partial charge >= 0.3 is 20.8 Å². The fourth-order valence-electron chi connectivity index (χ4n) is 0.760. The van der Waals surface area contributed by atoms with Crippen LogP contribution < -0.4 is 8.37 Å². The Labute approximate surface area is 91.3 Å². The second kappa shape index (κ2) is 4.25. The maximum absolute atomic E-state index is 10.3. The molecule has 89 valence electrons. The van der Waals surface area contributed by atoms with Crippen LogP contribution in [0.25, 0.3) is 0 Å². The molecule has 0 heterocycles. The SMILES string of the molecule is O=S(=O)(O)Oc1[c]ccc(OS(=O)(=O)O)c1. The van der Waals surface area contributed by atoms with Crippen molar-refractivity contribution >= 4 is 20.8 Å². The van der Waals surface area contributed by atoms with Crippen LogP contribution in [0.15, 0.2) is 18.2 Å². The molecular formula is C6H5O8S2. The van der Waals surface area contributed by atoms with Gasteiger partial charge in [-0.25, -0.2) is 0 Å². The van der Waals surface area contributed by atoms with Crippen LogP contribution in [-0.2, 0) is 20.8 Å². The molecule has 1 aromatic carbocycles. The molecule has 0 aliphatic carbocycles. The van der Waals surface area contributed by atoms with E-state index in [0.717, 1.165) is 18.2 Å². The first-order chi connectivity index (χ1) is 7.16. The largest absolute Gasteiger partial charge is 0.446 e. The Hall–Kier alpha value is -1.36. The van der Waals surface area contributed by atoms with Crippen LogP contribution >= 0.6 is 0 Å². The van der Waals surface area contributed by atoms with Crippen molar-refractivity contribution in [2.75, 3.05) is 0 Å². The van der Waals surface area contributed by atoms with E-state index in [1.807, 2.05) is 0 Å². The van der Waals surface area contributed by atoms with Crippen molar-refractivity contribution < 1.29 is 34.3 Å². The van der Waals surface area contributed by atoms with Crippen molar-refractivity contribution in [2.24, 2.45) is 0 Å². The summed E-state index contributed by atoms with van der Waals surface area (Å²) in [6, 6.07) is 5.17. The van der Waals surface area contributed by atoms with Gasteiger partial charge in [0.15, 0.2) is 5.75 Å². The lowest BCUT2D eigenvalue weighted by Gasteiger charge is -2.03. The fraction of sp³-hybridized carbons (Fsp3) is 0. The maximum atomic E-state index is 10.3. The van der Waals surface area contributed by atoms with Crippen LogP contribution in [0.2, 0.25) is 0 Å². The molecule has 0 fully saturated rings. The molecule has 1 radical (unpaired) electrons. The van der Waals surface area contributed by atoms with Gasteiger partial charge in [-0.3, -0.25) is 9.11 Å². The van der Waals surface area contributed by atoms with E-state index < -0.39 is 32.3 Å². The molecule has 0 amide bonds. The van der Waals surface area contributed by atoms with Crippen LogP contribution in [0.5, 0.6) is 11.5 Å². The van der Waals surface area contributed by atoms with Crippen LogP contribution in [0.1, 0.15) is 0 Å². The zero-order valence-electron chi connectivity index (χ0n) is 7.39. The molecule has 0 aliphatic heterocycles. The molecule has 0 aliphatic rings. The van der Waals surface area contributed by atoms with Gasteiger partial charge in [0.25, 0.3) is 0 Å². The van der Waals surface area contributed by atoms with Crippen molar-refractivity contribution in [1.29, 1.82) is 0 Å². The first-order valence-corrected chi connectivity index (χ1v) is 6.24. The second-order valence-corrected chi connectivity index (χ2v) is 4.46. The third-order valence-corrected chi connectivity index (χ3v) is 1.94. The molecule has 10 heteroatoms. The number of hydrogen-bond donors (Lipinski definition) is 2. The summed E-state index contributed by atoms with van der Waals surface area (Å²) >= 11 is 0. The Balaban J connectivity index is 2.96. The minimum absolute atomic E-state index is 0.403. The Morgan fingerprint density at radius 1 is 1.06 bits per heavy atom. The molecule has 16 heavy (non-hydrogen) atoms. The van der Waals surface area contributed by atoms with E-state index in [-0.39, 0.29) is 0 Å². The minimum atomic E-state index is -4.74. The second-order valence-electron chi connectivity index (χ2n) is 2.41. The van der Waals surface area contributed by atoms with Gasteiger partial charge in [-0.15, -0.1) is 0 Å². The van der Waals surface area contributed by atoms with E-state index in [0.29, 0.717) is 0 Å². The predicted molar refractivity (Wildman–Crippen MR) is 49.6 cm³/mol. The summed E-state index contributed by atoms with van der Waals surface area (Å²) in [4.78, 5) is 0. The average Bonchev–Trinajstić information content (AvgIpc) is 1.96. The molecular weight excluding hydrogens is 264 g/mol. The number of benzene rings is 1. The van der Waals surface area contributed by atoms with Gasteiger partial charge in [-0.1, -0.05) is 0 Å². The van der Waals surface area contributed by atoms with Crippen molar-refractivity contribution in [3.8, 4) is 11.5 Å². The van der Waals surface area contributed by atoms with Gasteiger partial charge in [0, 0.05) is 12.1 Å². The Bertz CT molecular complexity index is 523. The van der Waals surface area contributed by atoms with Crippen molar-refractivity contribution in [3.63, 3.8) is 0 Å². The molecule has 0 saturated heterocycles. The van der Waals surface area contributed by atoms with Crippen LogP contribution in [0.3, 0.4) is 0 Å². The predicted octanol–water partition coefficient (Wildman–Crippen LogP) is -0.150. The maximum Gasteiger partial charge on any atom is 0.446 e. The lowest BCUT2D eigenvalue weighted by atomic mass is 10.3. The fourth-order valence-corrected chi connectivity index (χ4v) is 1.43. The van der Waals surface area contributed by atoms with E-state index in [4.69, 9.17) is 9.11 Å². The molecule has 0 aromatic heterocycles. The normalized spacial score (nSPS) is 12.1. The molecule has 0 spiro atoms. The lowest BCUT2D eigenvalue weighted by Crippen LogP contribution is -2.08. The quantitative estimate of drug-likeness (QED) is 0.722. The Morgan fingerprint density at radius 2 is 1.62 bits per heavy atom. The highest BCUT2D eigenvalue weighted by atomic mass is 32.3.